The largest absolute Gasteiger partial charge is 0.468 e. The molecule has 0 aliphatic rings. The predicted octanol–water partition coefficient (Wildman–Crippen LogP) is 3.20. The lowest BCUT2D eigenvalue weighted by Gasteiger charge is -2.18. The lowest BCUT2D eigenvalue weighted by atomic mass is 9.93. The molecule has 1 unspecified atom stereocenters. The van der Waals surface area contributed by atoms with Crippen molar-refractivity contribution in [2.75, 3.05) is 20.2 Å². The lowest BCUT2D eigenvalue weighted by Crippen LogP contribution is -2.39. The summed E-state index contributed by atoms with van der Waals surface area (Å²) in [5.41, 5.74) is 0.855. The van der Waals surface area contributed by atoms with E-state index in [2.05, 4.69) is 17.6 Å². The Morgan fingerprint density at radius 2 is 1.83 bits per heavy atom. The highest BCUT2D eigenvalue weighted by molar-refractivity contribution is 5.91. The number of fused-ring (bicyclic) bond motifs is 1. The topological polar surface area (TPSA) is 67.4 Å². The number of carbonyl (C=O) groups excluding carboxylic acids is 2. The van der Waals surface area contributed by atoms with Crippen LogP contribution in [0.25, 0.3) is 10.8 Å². The van der Waals surface area contributed by atoms with Crippen LogP contribution >= 0.6 is 0 Å². The van der Waals surface area contributed by atoms with Gasteiger partial charge in [-0.05, 0) is 22.8 Å². The standard InChI is InChI=1S/C19H24N2O3/c1-3-4-12-20-19(23)21-13-17(18(22)24-2)16-11-7-9-14-8-5-6-10-15(14)16/h5-11,17H,3-4,12-13H2,1-2H3,(H2,20,21,23). The normalized spacial score (nSPS) is 11.8. The Labute approximate surface area is 142 Å². The molecule has 0 spiro atoms. The van der Waals surface area contributed by atoms with Gasteiger partial charge in [0.25, 0.3) is 0 Å². The number of benzene rings is 2. The molecule has 2 aromatic rings. The van der Waals surface area contributed by atoms with Crippen LogP contribution in [0.4, 0.5) is 4.79 Å². The molecular weight excluding hydrogens is 304 g/mol. The quantitative estimate of drug-likeness (QED) is 0.606. The van der Waals surface area contributed by atoms with Crippen molar-refractivity contribution in [2.45, 2.75) is 25.7 Å². The number of amides is 2. The molecular formula is C19H24N2O3. The molecule has 0 saturated carbocycles. The summed E-state index contributed by atoms with van der Waals surface area (Å²) in [7, 11) is 1.36. The van der Waals surface area contributed by atoms with Crippen LogP contribution in [0, 0.1) is 0 Å². The molecule has 1 atom stereocenters. The third-order valence-electron chi connectivity index (χ3n) is 3.97. The van der Waals surface area contributed by atoms with Crippen molar-refractivity contribution in [2.24, 2.45) is 0 Å². The van der Waals surface area contributed by atoms with Gasteiger partial charge in [-0.2, -0.15) is 0 Å². The van der Waals surface area contributed by atoms with Gasteiger partial charge < -0.3 is 15.4 Å². The summed E-state index contributed by atoms with van der Waals surface area (Å²) in [6.07, 6.45) is 1.94. The summed E-state index contributed by atoms with van der Waals surface area (Å²) in [6.45, 7) is 2.88. The van der Waals surface area contributed by atoms with E-state index in [-0.39, 0.29) is 18.5 Å². The number of methoxy groups -OCH3 is 1. The number of ether oxygens (including phenoxy) is 1. The summed E-state index contributed by atoms with van der Waals surface area (Å²) >= 11 is 0. The summed E-state index contributed by atoms with van der Waals surface area (Å²) in [6, 6.07) is 13.4. The second kappa shape index (κ2) is 8.91. The second-order valence-corrected chi connectivity index (χ2v) is 5.63. The highest BCUT2D eigenvalue weighted by Gasteiger charge is 2.23. The Kier molecular flexibility index (Phi) is 6.61. The van der Waals surface area contributed by atoms with Gasteiger partial charge in [0, 0.05) is 13.1 Å². The molecule has 24 heavy (non-hydrogen) atoms. The third kappa shape index (κ3) is 4.47. The first-order valence-corrected chi connectivity index (χ1v) is 8.24. The molecule has 5 nitrogen and oxygen atoms in total. The van der Waals surface area contributed by atoms with E-state index in [0.29, 0.717) is 6.54 Å². The van der Waals surface area contributed by atoms with Crippen molar-refractivity contribution in [1.29, 1.82) is 0 Å². The molecule has 0 aliphatic carbocycles. The lowest BCUT2D eigenvalue weighted by molar-refractivity contribution is -0.142. The van der Waals surface area contributed by atoms with Crippen molar-refractivity contribution >= 4 is 22.8 Å². The molecule has 0 aliphatic heterocycles. The Bertz CT molecular complexity index is 695. The van der Waals surface area contributed by atoms with Gasteiger partial charge in [0.05, 0.1) is 13.0 Å². The van der Waals surface area contributed by atoms with Crippen LogP contribution in [0.5, 0.6) is 0 Å². The predicted molar refractivity (Wildman–Crippen MR) is 95.0 cm³/mol. The van der Waals surface area contributed by atoms with Crippen molar-refractivity contribution in [3.8, 4) is 0 Å². The zero-order valence-corrected chi connectivity index (χ0v) is 14.2. The highest BCUT2D eigenvalue weighted by Crippen LogP contribution is 2.26. The van der Waals surface area contributed by atoms with E-state index >= 15 is 0 Å². The number of rotatable bonds is 7. The number of hydrogen-bond donors (Lipinski definition) is 2. The first kappa shape index (κ1) is 17.8. The Morgan fingerprint density at radius 3 is 2.58 bits per heavy atom. The first-order valence-electron chi connectivity index (χ1n) is 8.24. The van der Waals surface area contributed by atoms with Gasteiger partial charge in [0.1, 0.15) is 0 Å². The van der Waals surface area contributed by atoms with Gasteiger partial charge >= 0.3 is 12.0 Å². The van der Waals surface area contributed by atoms with E-state index in [1.165, 1.54) is 7.11 Å². The number of carbonyl (C=O) groups is 2. The van der Waals surface area contributed by atoms with Crippen molar-refractivity contribution < 1.29 is 14.3 Å². The molecule has 0 radical (unpaired) electrons. The molecule has 0 aromatic heterocycles. The number of urea groups is 1. The minimum Gasteiger partial charge on any atom is -0.468 e. The summed E-state index contributed by atoms with van der Waals surface area (Å²) in [5.74, 6) is -0.904. The van der Waals surface area contributed by atoms with E-state index in [9.17, 15) is 9.59 Å². The zero-order valence-electron chi connectivity index (χ0n) is 14.2. The second-order valence-electron chi connectivity index (χ2n) is 5.63. The van der Waals surface area contributed by atoms with E-state index in [1.54, 1.807) is 0 Å². The van der Waals surface area contributed by atoms with E-state index in [4.69, 9.17) is 4.74 Å². The monoisotopic (exact) mass is 328 g/mol. The van der Waals surface area contributed by atoms with E-state index < -0.39 is 5.92 Å². The molecule has 2 aromatic carbocycles. The van der Waals surface area contributed by atoms with Gasteiger partial charge in [-0.25, -0.2) is 4.79 Å². The Balaban J connectivity index is 2.16. The van der Waals surface area contributed by atoms with Gasteiger partial charge in [-0.3, -0.25) is 4.79 Å². The number of unbranched alkanes of at least 4 members (excludes halogenated alkanes) is 1. The smallest absolute Gasteiger partial charge is 0.314 e. The average Bonchev–Trinajstić information content (AvgIpc) is 2.62. The zero-order chi connectivity index (χ0) is 17.4. The summed E-state index contributed by atoms with van der Waals surface area (Å²) in [4.78, 5) is 24.1. The van der Waals surface area contributed by atoms with Crippen molar-refractivity contribution in [3.63, 3.8) is 0 Å². The minimum absolute atomic E-state index is 0.193. The summed E-state index contributed by atoms with van der Waals surface area (Å²) < 4.78 is 4.94. The fraction of sp³-hybridized carbons (Fsp3) is 0.368. The molecule has 128 valence electrons. The van der Waals surface area contributed by atoms with Crippen molar-refractivity contribution in [1.82, 2.24) is 10.6 Å². The van der Waals surface area contributed by atoms with Crippen LogP contribution < -0.4 is 10.6 Å². The van der Waals surface area contributed by atoms with Gasteiger partial charge in [-0.15, -0.1) is 0 Å². The number of hydrogen-bond acceptors (Lipinski definition) is 3. The number of nitrogens with one attached hydrogen (secondary N) is 2. The SMILES string of the molecule is CCCCNC(=O)NCC(C(=O)OC)c1cccc2ccccc12. The van der Waals surface area contributed by atoms with Crippen LogP contribution in [-0.4, -0.2) is 32.2 Å². The molecule has 2 amide bonds. The molecule has 0 saturated heterocycles. The van der Waals surface area contributed by atoms with Crippen LogP contribution in [0.15, 0.2) is 42.5 Å². The number of esters is 1. The van der Waals surface area contributed by atoms with Crippen LogP contribution in [0.1, 0.15) is 31.2 Å². The fourth-order valence-electron chi connectivity index (χ4n) is 2.65. The minimum atomic E-state index is -0.543. The summed E-state index contributed by atoms with van der Waals surface area (Å²) in [5, 5.41) is 7.59. The molecule has 5 heteroatoms. The fourth-order valence-corrected chi connectivity index (χ4v) is 2.65. The van der Waals surface area contributed by atoms with E-state index in [1.807, 2.05) is 42.5 Å². The third-order valence-corrected chi connectivity index (χ3v) is 3.97. The Morgan fingerprint density at radius 1 is 1.08 bits per heavy atom. The maximum absolute atomic E-state index is 12.2. The maximum atomic E-state index is 12.2. The Hall–Kier alpha value is -2.56. The molecule has 0 fully saturated rings. The van der Waals surface area contributed by atoms with Gasteiger partial charge in [0.15, 0.2) is 0 Å². The van der Waals surface area contributed by atoms with Gasteiger partial charge in [0.2, 0.25) is 0 Å². The van der Waals surface area contributed by atoms with Crippen LogP contribution in [0.2, 0.25) is 0 Å². The molecule has 2 N–H and O–H groups in total. The van der Waals surface area contributed by atoms with Crippen LogP contribution in [0.3, 0.4) is 0 Å². The molecule has 0 bridgehead atoms. The van der Waals surface area contributed by atoms with Crippen LogP contribution in [-0.2, 0) is 9.53 Å². The van der Waals surface area contributed by atoms with Crippen molar-refractivity contribution in [3.05, 3.63) is 48.0 Å². The highest BCUT2D eigenvalue weighted by atomic mass is 16.5. The first-order chi connectivity index (χ1) is 11.7. The maximum Gasteiger partial charge on any atom is 0.314 e. The molecule has 2 rings (SSSR count). The molecule has 0 heterocycles. The average molecular weight is 328 g/mol. The van der Waals surface area contributed by atoms with Gasteiger partial charge in [-0.1, -0.05) is 55.8 Å². The van der Waals surface area contributed by atoms with E-state index in [0.717, 1.165) is 29.2 Å².